The highest BCUT2D eigenvalue weighted by Gasteiger charge is 2.20. The van der Waals surface area contributed by atoms with Crippen LogP contribution < -0.4 is 4.90 Å². The molecular weight excluding hydrogens is 382 g/mol. The Morgan fingerprint density at radius 1 is 1.21 bits per heavy atom. The Hall–Kier alpha value is -3.18. The van der Waals surface area contributed by atoms with E-state index in [2.05, 4.69) is 24.9 Å². The van der Waals surface area contributed by atoms with Gasteiger partial charge in [0.25, 0.3) is 10.5 Å². The first-order valence-corrected chi connectivity index (χ1v) is 9.07. The number of anilines is 1. The smallest absolute Gasteiger partial charge is 0.288 e. The van der Waals surface area contributed by atoms with Crippen LogP contribution in [-0.2, 0) is 6.67 Å². The van der Waals surface area contributed by atoms with Gasteiger partial charge in [0, 0.05) is 56.3 Å². The Morgan fingerprint density at radius 3 is 2.75 bits per heavy atom. The molecule has 0 bridgehead atoms. The molecule has 0 radical (unpaired) electrons. The molecule has 28 heavy (non-hydrogen) atoms. The lowest BCUT2D eigenvalue weighted by molar-refractivity contribution is -0.384. The van der Waals surface area contributed by atoms with Crippen LogP contribution in [-0.4, -0.2) is 55.8 Å². The standard InChI is InChI=1S/C17H17N7O3S/c25-24(26)14-3-1-2-13(10-14)16-20-23(17(28)27-16)12-21-6-8-22(9-7-21)15-11-18-4-5-19-15/h1-5,10-11H,6-9,12H2. The van der Waals surface area contributed by atoms with Gasteiger partial charge in [0.05, 0.1) is 17.8 Å². The summed E-state index contributed by atoms with van der Waals surface area (Å²) in [5.41, 5.74) is 0.500. The van der Waals surface area contributed by atoms with Gasteiger partial charge in [0.1, 0.15) is 5.82 Å². The number of hydrogen-bond donors (Lipinski definition) is 0. The molecule has 0 unspecified atom stereocenters. The van der Waals surface area contributed by atoms with Gasteiger partial charge in [-0.3, -0.25) is 20.0 Å². The van der Waals surface area contributed by atoms with Crippen molar-refractivity contribution in [3.05, 3.63) is 57.8 Å². The summed E-state index contributed by atoms with van der Waals surface area (Å²) in [7, 11) is 0. The molecule has 0 aliphatic carbocycles. The second-order valence-corrected chi connectivity index (χ2v) is 6.64. The molecule has 144 valence electrons. The summed E-state index contributed by atoms with van der Waals surface area (Å²) in [4.78, 5) is 23.6. The van der Waals surface area contributed by atoms with Gasteiger partial charge in [-0.15, -0.1) is 5.10 Å². The number of hydrogen-bond acceptors (Lipinski definition) is 9. The van der Waals surface area contributed by atoms with Crippen LogP contribution in [0.15, 0.2) is 47.3 Å². The Bertz CT molecular complexity index is 1030. The molecule has 10 nitrogen and oxygen atoms in total. The number of piperazine rings is 1. The second kappa shape index (κ2) is 7.82. The second-order valence-electron chi connectivity index (χ2n) is 6.29. The number of non-ortho nitro benzene ring substituents is 1. The molecule has 0 spiro atoms. The number of nitro groups is 1. The fourth-order valence-electron chi connectivity index (χ4n) is 3.03. The zero-order valence-corrected chi connectivity index (χ0v) is 15.7. The van der Waals surface area contributed by atoms with Gasteiger partial charge in [-0.2, -0.15) is 0 Å². The van der Waals surface area contributed by atoms with Crippen LogP contribution in [0.2, 0.25) is 0 Å². The molecule has 3 heterocycles. The predicted molar refractivity (Wildman–Crippen MR) is 103 cm³/mol. The molecule has 3 aromatic rings. The van der Waals surface area contributed by atoms with E-state index in [9.17, 15) is 10.1 Å². The first-order chi connectivity index (χ1) is 13.6. The Kier molecular flexibility index (Phi) is 5.08. The van der Waals surface area contributed by atoms with Gasteiger partial charge >= 0.3 is 0 Å². The lowest BCUT2D eigenvalue weighted by Gasteiger charge is -2.34. The molecule has 0 N–H and O–H groups in total. The third kappa shape index (κ3) is 3.89. The summed E-state index contributed by atoms with van der Waals surface area (Å²) in [5.74, 6) is 1.14. The van der Waals surface area contributed by atoms with E-state index in [0.717, 1.165) is 32.0 Å². The molecule has 4 rings (SSSR count). The van der Waals surface area contributed by atoms with Crippen LogP contribution in [0.4, 0.5) is 11.5 Å². The van der Waals surface area contributed by atoms with Crippen LogP contribution in [0.5, 0.6) is 0 Å². The fraction of sp³-hybridized carbons (Fsp3) is 0.294. The zero-order chi connectivity index (χ0) is 19.5. The van der Waals surface area contributed by atoms with E-state index in [1.165, 1.54) is 12.1 Å². The largest absolute Gasteiger partial charge is 0.409 e. The van der Waals surface area contributed by atoms with Gasteiger partial charge in [-0.25, -0.2) is 9.67 Å². The third-order valence-corrected chi connectivity index (χ3v) is 4.78. The van der Waals surface area contributed by atoms with Crippen molar-refractivity contribution >= 4 is 23.7 Å². The van der Waals surface area contributed by atoms with E-state index in [-0.39, 0.29) is 16.4 Å². The zero-order valence-electron chi connectivity index (χ0n) is 14.8. The maximum absolute atomic E-state index is 11.0. The average molecular weight is 399 g/mol. The maximum atomic E-state index is 11.0. The minimum Gasteiger partial charge on any atom is -0.409 e. The van der Waals surface area contributed by atoms with Crippen molar-refractivity contribution in [2.24, 2.45) is 0 Å². The van der Waals surface area contributed by atoms with Gasteiger partial charge in [-0.05, 0) is 18.3 Å². The highest BCUT2D eigenvalue weighted by atomic mass is 32.1. The first-order valence-electron chi connectivity index (χ1n) is 8.66. The molecule has 1 aliphatic heterocycles. The van der Waals surface area contributed by atoms with Gasteiger partial charge < -0.3 is 9.32 Å². The molecule has 2 aromatic heterocycles. The number of rotatable bonds is 5. The number of aromatic nitrogens is 4. The normalized spacial score (nSPS) is 14.9. The van der Waals surface area contributed by atoms with Crippen LogP contribution in [0.1, 0.15) is 0 Å². The molecule has 0 amide bonds. The van der Waals surface area contributed by atoms with Crippen molar-refractivity contribution in [2.75, 3.05) is 31.1 Å². The molecule has 1 fully saturated rings. The summed E-state index contributed by atoms with van der Waals surface area (Å²) in [6, 6.07) is 6.14. The summed E-state index contributed by atoms with van der Waals surface area (Å²) < 4.78 is 7.15. The molecule has 1 aromatic carbocycles. The highest BCUT2D eigenvalue weighted by molar-refractivity contribution is 7.71. The minimum atomic E-state index is -0.453. The molecule has 1 aliphatic rings. The van der Waals surface area contributed by atoms with Crippen LogP contribution in [0, 0.1) is 15.0 Å². The van der Waals surface area contributed by atoms with E-state index in [1.807, 2.05) is 0 Å². The quantitative estimate of drug-likeness (QED) is 0.363. The van der Waals surface area contributed by atoms with Crippen molar-refractivity contribution in [1.82, 2.24) is 24.6 Å². The number of benzene rings is 1. The average Bonchev–Trinajstić information content (AvgIpc) is 3.10. The molecule has 0 atom stereocenters. The van der Waals surface area contributed by atoms with Crippen LogP contribution >= 0.6 is 12.2 Å². The van der Waals surface area contributed by atoms with Crippen molar-refractivity contribution < 1.29 is 9.34 Å². The Balaban J connectivity index is 1.43. The summed E-state index contributed by atoms with van der Waals surface area (Å²) in [6.45, 7) is 3.77. The van der Waals surface area contributed by atoms with Crippen molar-refractivity contribution in [2.45, 2.75) is 6.67 Å². The van der Waals surface area contributed by atoms with Crippen molar-refractivity contribution in [3.8, 4) is 11.5 Å². The van der Waals surface area contributed by atoms with E-state index in [1.54, 1.807) is 35.4 Å². The lowest BCUT2D eigenvalue weighted by atomic mass is 10.2. The molecule has 0 saturated carbocycles. The number of nitro benzene ring substituents is 1. The highest BCUT2D eigenvalue weighted by Crippen LogP contribution is 2.23. The summed E-state index contributed by atoms with van der Waals surface area (Å²) in [5, 5.41) is 15.4. The topological polar surface area (TPSA) is 106 Å². The van der Waals surface area contributed by atoms with Crippen LogP contribution in [0.25, 0.3) is 11.5 Å². The van der Waals surface area contributed by atoms with Crippen LogP contribution in [0.3, 0.4) is 0 Å². The SMILES string of the molecule is O=[N+]([O-])c1cccc(-c2nn(CN3CCN(c4cnccn4)CC3)c(=S)o2)c1. The van der Waals surface area contributed by atoms with Gasteiger partial charge in [0.2, 0.25) is 5.89 Å². The van der Waals surface area contributed by atoms with E-state index in [4.69, 9.17) is 16.6 Å². The van der Waals surface area contributed by atoms with E-state index >= 15 is 0 Å². The van der Waals surface area contributed by atoms with E-state index < -0.39 is 4.92 Å². The molecular formula is C17H17N7O3S. The van der Waals surface area contributed by atoms with E-state index in [0.29, 0.717) is 12.2 Å². The summed E-state index contributed by atoms with van der Waals surface area (Å²) >= 11 is 5.27. The fourth-order valence-corrected chi connectivity index (χ4v) is 3.20. The van der Waals surface area contributed by atoms with Gasteiger partial charge in [-0.1, -0.05) is 6.07 Å². The summed E-state index contributed by atoms with van der Waals surface area (Å²) in [6.07, 6.45) is 5.10. The Morgan fingerprint density at radius 2 is 2.04 bits per heavy atom. The van der Waals surface area contributed by atoms with Crippen molar-refractivity contribution in [3.63, 3.8) is 0 Å². The molecule has 1 saturated heterocycles. The Labute approximate surface area is 165 Å². The van der Waals surface area contributed by atoms with Gasteiger partial charge in [0.15, 0.2) is 0 Å². The van der Waals surface area contributed by atoms with Crippen molar-refractivity contribution in [1.29, 1.82) is 0 Å². The number of nitrogens with zero attached hydrogens (tertiary/aromatic N) is 7. The third-order valence-electron chi connectivity index (χ3n) is 4.49. The maximum Gasteiger partial charge on any atom is 0.288 e. The first kappa shape index (κ1) is 18.2. The monoisotopic (exact) mass is 399 g/mol. The minimum absolute atomic E-state index is 0.0201. The molecule has 11 heteroatoms. The lowest BCUT2D eigenvalue weighted by Crippen LogP contribution is -2.47. The predicted octanol–water partition coefficient (Wildman–Crippen LogP) is 2.35.